The van der Waals surface area contributed by atoms with Gasteiger partial charge in [0.1, 0.15) is 0 Å². The molecule has 5 heteroatoms. The predicted molar refractivity (Wildman–Crippen MR) is 89.2 cm³/mol. The molecule has 0 bridgehead atoms. The van der Waals surface area contributed by atoms with E-state index < -0.39 is 18.4 Å². The first-order chi connectivity index (χ1) is 8.80. The van der Waals surface area contributed by atoms with E-state index in [2.05, 4.69) is 34.9 Å². The fraction of sp³-hybridized carbons (Fsp3) is 0.429. The minimum absolute atomic E-state index is 0.619. The molecule has 0 saturated carbocycles. The van der Waals surface area contributed by atoms with Crippen LogP contribution in [0.2, 0.25) is 14.8 Å². The maximum absolute atomic E-state index is 5.76. The van der Waals surface area contributed by atoms with Crippen LogP contribution in [0.15, 0.2) is 16.1 Å². The topological polar surface area (TPSA) is 18.5 Å². The molecule has 0 spiro atoms. The summed E-state index contributed by atoms with van der Waals surface area (Å²) < 4.78 is 12.8. The summed E-state index contributed by atoms with van der Waals surface area (Å²) in [6.07, 6.45) is 0. The van der Waals surface area contributed by atoms with Crippen molar-refractivity contribution in [3.63, 3.8) is 0 Å². The number of fused-ring (bicyclic) bond motifs is 1. The van der Waals surface area contributed by atoms with Gasteiger partial charge in [-0.05, 0) is 0 Å². The molecule has 0 aromatic carbocycles. The number of ether oxygens (including phenoxy) is 2. The monoisotopic (exact) mass is 404 g/mol. The van der Waals surface area contributed by atoms with Gasteiger partial charge in [-0.3, -0.25) is 0 Å². The first kappa shape index (κ1) is 15.3. The van der Waals surface area contributed by atoms with E-state index in [1.54, 1.807) is 23.1 Å². The maximum atomic E-state index is 5.76. The van der Waals surface area contributed by atoms with Crippen LogP contribution in [0.4, 0.5) is 0 Å². The van der Waals surface area contributed by atoms with E-state index in [4.69, 9.17) is 9.47 Å². The molecule has 0 aliphatic carbocycles. The van der Waals surface area contributed by atoms with Gasteiger partial charge in [0.25, 0.3) is 0 Å². The zero-order valence-electron chi connectivity index (χ0n) is 12.0. The fourth-order valence-corrected chi connectivity index (χ4v) is 7.25. The molecule has 1 aromatic rings. The van der Waals surface area contributed by atoms with E-state index in [0.29, 0.717) is 13.2 Å². The second-order valence-corrected chi connectivity index (χ2v) is 23.6. The standard InChI is InChI=1S/C11H11O2S2.3CH3.Sn/c1-4-14-8(3)11-10-9(7(2)15-11)12-5-6-13-10;;;;/h1,3,5-6H2,2H3;3*1H3;. The average Bonchev–Trinajstić information content (AvgIpc) is 2.66. The summed E-state index contributed by atoms with van der Waals surface area (Å²) in [5, 5.41) is 0. The number of thiophene rings is 1. The molecule has 1 aliphatic heterocycles. The van der Waals surface area contributed by atoms with Gasteiger partial charge in [0.15, 0.2) is 0 Å². The van der Waals surface area contributed by atoms with Crippen LogP contribution in [-0.4, -0.2) is 31.6 Å². The SMILES string of the molecule is C=C(S[C](=C)[Sn]([CH3])([CH3])[CH3])c1sc(C)c2c1OCCO2. The Labute approximate surface area is 127 Å². The summed E-state index contributed by atoms with van der Waals surface area (Å²) in [7, 11) is 0. The van der Waals surface area contributed by atoms with Gasteiger partial charge in [-0.15, -0.1) is 0 Å². The molecule has 0 amide bonds. The van der Waals surface area contributed by atoms with Crippen molar-refractivity contribution >= 4 is 46.4 Å². The zero-order valence-corrected chi connectivity index (χ0v) is 16.4. The number of rotatable bonds is 4. The molecule has 0 fully saturated rings. The van der Waals surface area contributed by atoms with Crippen LogP contribution in [0.1, 0.15) is 9.75 Å². The first-order valence-corrected chi connectivity index (χ1v) is 17.9. The minimum atomic E-state index is -2.07. The van der Waals surface area contributed by atoms with Crippen molar-refractivity contribution in [2.24, 2.45) is 0 Å². The fourth-order valence-electron chi connectivity index (χ4n) is 1.63. The predicted octanol–water partition coefficient (Wildman–Crippen LogP) is 4.92. The first-order valence-electron chi connectivity index (χ1n) is 6.26. The van der Waals surface area contributed by atoms with E-state index in [1.165, 1.54) is 2.92 Å². The van der Waals surface area contributed by atoms with Gasteiger partial charge in [0.05, 0.1) is 0 Å². The molecule has 1 aromatic heterocycles. The van der Waals surface area contributed by atoms with Crippen LogP contribution in [0.3, 0.4) is 0 Å². The summed E-state index contributed by atoms with van der Waals surface area (Å²) in [5.41, 5.74) is 0. The van der Waals surface area contributed by atoms with Gasteiger partial charge in [-0.2, -0.15) is 0 Å². The van der Waals surface area contributed by atoms with Gasteiger partial charge in [0, 0.05) is 0 Å². The van der Waals surface area contributed by atoms with E-state index in [9.17, 15) is 0 Å². The summed E-state index contributed by atoms with van der Waals surface area (Å²) in [5.74, 6) is 1.78. The Bertz CT molecular complexity index is 526. The summed E-state index contributed by atoms with van der Waals surface area (Å²) >= 11 is 1.36. The molecule has 19 heavy (non-hydrogen) atoms. The molecular formula is C14H20O2S2Sn. The molecule has 2 heterocycles. The van der Waals surface area contributed by atoms with E-state index in [0.717, 1.165) is 26.2 Å². The molecule has 2 nitrogen and oxygen atoms in total. The molecular weight excluding hydrogens is 383 g/mol. The second-order valence-electron chi connectivity index (χ2n) is 5.54. The van der Waals surface area contributed by atoms with Crippen molar-refractivity contribution in [3.8, 4) is 11.5 Å². The molecule has 0 unspecified atom stereocenters. The van der Waals surface area contributed by atoms with Crippen molar-refractivity contribution in [2.45, 2.75) is 21.7 Å². The Morgan fingerprint density at radius 1 is 1.16 bits per heavy atom. The average molecular weight is 403 g/mol. The van der Waals surface area contributed by atoms with Crippen LogP contribution in [-0.2, 0) is 0 Å². The third kappa shape index (κ3) is 3.34. The second kappa shape index (κ2) is 5.74. The van der Waals surface area contributed by atoms with Gasteiger partial charge < -0.3 is 0 Å². The zero-order chi connectivity index (χ0) is 14.2. The molecule has 0 radical (unpaired) electrons. The van der Waals surface area contributed by atoms with Crippen LogP contribution in [0.25, 0.3) is 4.91 Å². The Kier molecular flexibility index (Phi) is 4.63. The van der Waals surface area contributed by atoms with Crippen molar-refractivity contribution < 1.29 is 9.47 Å². The van der Waals surface area contributed by atoms with Crippen LogP contribution >= 0.6 is 23.1 Å². The Hall–Kier alpha value is -0.0713. The number of thioether (sulfide) groups is 1. The molecule has 1 aliphatic rings. The Balaban J connectivity index is 2.23. The van der Waals surface area contributed by atoms with Gasteiger partial charge in [-0.25, -0.2) is 0 Å². The molecule has 0 saturated heterocycles. The molecule has 2 rings (SSSR count). The van der Waals surface area contributed by atoms with E-state index >= 15 is 0 Å². The van der Waals surface area contributed by atoms with Gasteiger partial charge in [0.2, 0.25) is 0 Å². The van der Waals surface area contributed by atoms with E-state index in [-0.39, 0.29) is 0 Å². The normalized spacial score (nSPS) is 14.3. The van der Waals surface area contributed by atoms with Crippen LogP contribution in [0.5, 0.6) is 11.5 Å². The van der Waals surface area contributed by atoms with Crippen molar-refractivity contribution in [3.05, 3.63) is 25.8 Å². The molecule has 104 valence electrons. The van der Waals surface area contributed by atoms with Crippen LogP contribution < -0.4 is 9.47 Å². The Morgan fingerprint density at radius 2 is 1.74 bits per heavy atom. The van der Waals surface area contributed by atoms with Gasteiger partial charge in [-0.1, -0.05) is 0 Å². The van der Waals surface area contributed by atoms with Crippen molar-refractivity contribution in [1.29, 1.82) is 0 Å². The Morgan fingerprint density at radius 3 is 2.32 bits per heavy atom. The summed E-state index contributed by atoms with van der Waals surface area (Å²) in [4.78, 5) is 10.4. The third-order valence-electron chi connectivity index (χ3n) is 2.90. The van der Waals surface area contributed by atoms with E-state index in [1.807, 2.05) is 0 Å². The number of hydrogen-bond donors (Lipinski definition) is 0. The van der Waals surface area contributed by atoms with Gasteiger partial charge >= 0.3 is 128 Å². The third-order valence-corrected chi connectivity index (χ3v) is 14.6. The summed E-state index contributed by atoms with van der Waals surface area (Å²) in [6.45, 7) is 11.8. The summed E-state index contributed by atoms with van der Waals surface area (Å²) in [6, 6.07) is 0. The molecule has 0 N–H and O–H groups in total. The number of aryl methyl sites for hydroxylation is 1. The molecule has 0 atom stereocenters. The van der Waals surface area contributed by atoms with Crippen molar-refractivity contribution in [1.82, 2.24) is 0 Å². The van der Waals surface area contributed by atoms with Crippen molar-refractivity contribution in [2.75, 3.05) is 13.2 Å². The number of hydrogen-bond acceptors (Lipinski definition) is 4. The van der Waals surface area contributed by atoms with Crippen LogP contribution in [0, 0.1) is 6.92 Å². The quantitative estimate of drug-likeness (QED) is 0.665.